The lowest BCUT2D eigenvalue weighted by atomic mass is 9.99. The third-order valence-electron chi connectivity index (χ3n) is 4.58. The van der Waals surface area contributed by atoms with Crippen molar-refractivity contribution in [2.24, 2.45) is 0 Å². The molecule has 1 aromatic carbocycles. The first kappa shape index (κ1) is 16.9. The number of nitrogens with zero attached hydrogens (tertiary/aromatic N) is 2. The maximum absolute atomic E-state index is 12.7. The van der Waals surface area contributed by atoms with Gasteiger partial charge in [0.25, 0.3) is 17.7 Å². The molecule has 130 valence electrons. The highest BCUT2D eigenvalue weighted by Gasteiger charge is 2.37. The van der Waals surface area contributed by atoms with Gasteiger partial charge in [0.05, 0.1) is 11.1 Å². The first-order valence-electron chi connectivity index (χ1n) is 8.10. The second kappa shape index (κ2) is 6.51. The van der Waals surface area contributed by atoms with Crippen molar-refractivity contribution in [3.8, 4) is 0 Å². The van der Waals surface area contributed by atoms with Crippen LogP contribution in [-0.2, 0) is 4.79 Å². The summed E-state index contributed by atoms with van der Waals surface area (Å²) >= 11 is 0. The fraction of sp³-hybridized carbons (Fsp3) is 0.333. The molecule has 7 nitrogen and oxygen atoms in total. The van der Waals surface area contributed by atoms with Gasteiger partial charge in [0, 0.05) is 18.7 Å². The van der Waals surface area contributed by atoms with E-state index in [0.717, 1.165) is 17.7 Å². The summed E-state index contributed by atoms with van der Waals surface area (Å²) in [6, 6.07) is 3.45. The summed E-state index contributed by atoms with van der Waals surface area (Å²) in [6.07, 6.45) is 3.37. The summed E-state index contributed by atoms with van der Waals surface area (Å²) in [7, 11) is 0. The molecule has 2 heterocycles. The Morgan fingerprint density at radius 3 is 2.60 bits per heavy atom. The molecule has 0 aliphatic carbocycles. The predicted molar refractivity (Wildman–Crippen MR) is 88.3 cm³/mol. The molecule has 0 unspecified atom stereocenters. The highest BCUT2D eigenvalue weighted by molar-refractivity contribution is 6.22. The number of likely N-dealkylation sites (tertiary alicyclic amines) is 1. The van der Waals surface area contributed by atoms with Crippen LogP contribution in [0.15, 0.2) is 30.9 Å². The van der Waals surface area contributed by atoms with Crippen LogP contribution in [0, 0.1) is 0 Å². The number of aliphatic carboxylic acids is 1. The van der Waals surface area contributed by atoms with E-state index in [4.69, 9.17) is 0 Å². The number of carbonyl (C=O) groups excluding carboxylic acids is 3. The topological polar surface area (TPSA) is 95.0 Å². The summed E-state index contributed by atoms with van der Waals surface area (Å²) in [6.45, 7) is 3.99. The van der Waals surface area contributed by atoms with Crippen LogP contribution in [0.2, 0.25) is 0 Å². The van der Waals surface area contributed by atoms with Crippen molar-refractivity contribution in [2.75, 3.05) is 13.1 Å². The van der Waals surface area contributed by atoms with E-state index in [1.807, 2.05) is 0 Å². The van der Waals surface area contributed by atoms with E-state index in [0.29, 0.717) is 13.0 Å². The maximum atomic E-state index is 12.7. The minimum Gasteiger partial charge on any atom is -0.480 e. The zero-order chi connectivity index (χ0) is 18.1. The monoisotopic (exact) mass is 342 g/mol. The van der Waals surface area contributed by atoms with Crippen LogP contribution < -0.4 is 0 Å². The van der Waals surface area contributed by atoms with Crippen molar-refractivity contribution in [1.29, 1.82) is 0 Å². The molecular weight excluding hydrogens is 324 g/mol. The molecule has 1 atom stereocenters. The van der Waals surface area contributed by atoms with E-state index < -0.39 is 29.7 Å². The van der Waals surface area contributed by atoms with Crippen molar-refractivity contribution in [3.63, 3.8) is 0 Å². The van der Waals surface area contributed by atoms with Gasteiger partial charge in [0.2, 0.25) is 0 Å². The Labute approximate surface area is 144 Å². The molecule has 1 saturated heterocycles. The summed E-state index contributed by atoms with van der Waals surface area (Å²) in [5, 5.41) is 9.32. The van der Waals surface area contributed by atoms with Crippen LogP contribution in [0.1, 0.15) is 50.3 Å². The largest absolute Gasteiger partial charge is 0.480 e. The molecule has 2 aliphatic rings. The Bertz CT molecular complexity index is 786. The van der Waals surface area contributed by atoms with Gasteiger partial charge in [-0.15, -0.1) is 6.58 Å². The number of piperidine rings is 1. The van der Waals surface area contributed by atoms with Crippen molar-refractivity contribution >= 4 is 23.7 Å². The summed E-state index contributed by atoms with van der Waals surface area (Å²) in [5.74, 6) is -2.35. The number of amides is 3. The Morgan fingerprint density at radius 1 is 1.20 bits per heavy atom. The average molecular weight is 342 g/mol. The number of hydrogen-bond acceptors (Lipinski definition) is 4. The van der Waals surface area contributed by atoms with E-state index >= 15 is 0 Å². The van der Waals surface area contributed by atoms with Gasteiger partial charge in [0.1, 0.15) is 6.04 Å². The van der Waals surface area contributed by atoms with Gasteiger partial charge in [0.15, 0.2) is 0 Å². The van der Waals surface area contributed by atoms with Gasteiger partial charge in [-0.25, -0.2) is 4.79 Å². The number of rotatable bonds is 4. The summed E-state index contributed by atoms with van der Waals surface area (Å²) in [5.41, 5.74) is 0.631. The van der Waals surface area contributed by atoms with Gasteiger partial charge >= 0.3 is 5.97 Å². The Morgan fingerprint density at radius 2 is 1.92 bits per heavy atom. The minimum atomic E-state index is -1.03. The first-order chi connectivity index (χ1) is 12.0. The molecule has 1 aromatic rings. The highest BCUT2D eigenvalue weighted by Crippen LogP contribution is 2.26. The van der Waals surface area contributed by atoms with Gasteiger partial charge in [-0.2, -0.15) is 0 Å². The van der Waals surface area contributed by atoms with Crippen LogP contribution in [0.4, 0.5) is 0 Å². The first-order valence-corrected chi connectivity index (χ1v) is 8.10. The standard InChI is InChI=1S/C18H18N2O5/c1-2-8-20-16(22)12-7-6-11(10-13(12)17(20)23)15(21)19-9-4-3-5-14(19)18(24)25/h2,6-7,10,14H,1,3-5,8-9H2,(H,24,25)/t14-/m0/s1. The number of carboxylic acids is 1. The Kier molecular flexibility index (Phi) is 4.39. The molecule has 0 saturated carbocycles. The predicted octanol–water partition coefficient (Wildman–Crippen LogP) is 1.55. The number of fused-ring (bicyclic) bond motifs is 1. The Hall–Kier alpha value is -2.96. The molecule has 0 aromatic heterocycles. The fourth-order valence-corrected chi connectivity index (χ4v) is 3.32. The fourth-order valence-electron chi connectivity index (χ4n) is 3.32. The maximum Gasteiger partial charge on any atom is 0.326 e. The van der Waals surface area contributed by atoms with Crippen LogP contribution in [-0.4, -0.2) is 57.7 Å². The average Bonchev–Trinajstić information content (AvgIpc) is 2.86. The van der Waals surface area contributed by atoms with Gasteiger partial charge in [-0.3, -0.25) is 19.3 Å². The lowest BCUT2D eigenvalue weighted by molar-refractivity contribution is -0.143. The smallest absolute Gasteiger partial charge is 0.326 e. The molecule has 2 aliphatic heterocycles. The van der Waals surface area contributed by atoms with Crippen molar-refractivity contribution in [3.05, 3.63) is 47.5 Å². The van der Waals surface area contributed by atoms with Gasteiger partial charge in [-0.1, -0.05) is 6.08 Å². The quantitative estimate of drug-likeness (QED) is 0.662. The second-order valence-corrected chi connectivity index (χ2v) is 6.12. The van der Waals surface area contributed by atoms with E-state index in [1.54, 1.807) is 0 Å². The van der Waals surface area contributed by atoms with E-state index in [2.05, 4.69) is 6.58 Å². The highest BCUT2D eigenvalue weighted by atomic mass is 16.4. The van der Waals surface area contributed by atoms with Crippen LogP contribution in [0.25, 0.3) is 0 Å². The van der Waals surface area contributed by atoms with E-state index in [1.165, 1.54) is 29.2 Å². The number of carbonyl (C=O) groups is 4. The SMILES string of the molecule is C=CCN1C(=O)c2ccc(C(=O)N3CCCC[C@H]3C(=O)O)cc2C1=O. The van der Waals surface area contributed by atoms with E-state index in [-0.39, 0.29) is 23.2 Å². The lowest BCUT2D eigenvalue weighted by Gasteiger charge is -2.33. The molecule has 1 N–H and O–H groups in total. The summed E-state index contributed by atoms with van der Waals surface area (Å²) < 4.78 is 0. The molecule has 0 bridgehead atoms. The van der Waals surface area contributed by atoms with E-state index in [9.17, 15) is 24.3 Å². The molecule has 3 amide bonds. The Balaban J connectivity index is 1.92. The van der Waals surface area contributed by atoms with Gasteiger partial charge in [-0.05, 0) is 37.5 Å². The zero-order valence-electron chi connectivity index (χ0n) is 13.6. The van der Waals surface area contributed by atoms with Crippen molar-refractivity contribution in [2.45, 2.75) is 25.3 Å². The summed E-state index contributed by atoms with van der Waals surface area (Å²) in [4.78, 5) is 51.1. The van der Waals surface area contributed by atoms with Crippen LogP contribution >= 0.6 is 0 Å². The molecule has 0 spiro atoms. The van der Waals surface area contributed by atoms with Crippen molar-refractivity contribution < 1.29 is 24.3 Å². The molecule has 3 rings (SSSR count). The zero-order valence-corrected chi connectivity index (χ0v) is 13.6. The minimum absolute atomic E-state index is 0.100. The molecule has 25 heavy (non-hydrogen) atoms. The number of carboxylic acid groups (broad SMARTS) is 1. The lowest BCUT2D eigenvalue weighted by Crippen LogP contribution is -2.48. The number of benzene rings is 1. The molecular formula is C18H18N2O5. The number of imide groups is 1. The van der Waals surface area contributed by atoms with Gasteiger partial charge < -0.3 is 10.0 Å². The second-order valence-electron chi connectivity index (χ2n) is 6.12. The third-order valence-corrected chi connectivity index (χ3v) is 4.58. The third kappa shape index (κ3) is 2.82. The van der Waals surface area contributed by atoms with Crippen molar-refractivity contribution in [1.82, 2.24) is 9.80 Å². The molecule has 1 fully saturated rings. The number of hydrogen-bond donors (Lipinski definition) is 1. The molecule has 0 radical (unpaired) electrons. The van der Waals surface area contributed by atoms with Crippen LogP contribution in [0.5, 0.6) is 0 Å². The molecule has 7 heteroatoms. The normalized spacial score (nSPS) is 19.8. The van der Waals surface area contributed by atoms with Crippen LogP contribution in [0.3, 0.4) is 0 Å².